The second-order valence-electron chi connectivity index (χ2n) is 3.77. The van der Waals surface area contributed by atoms with Crippen LogP contribution in [-0.2, 0) is 6.54 Å². The van der Waals surface area contributed by atoms with Crippen LogP contribution in [0.4, 0.5) is 0 Å². The monoisotopic (exact) mass is 246 g/mol. The van der Waals surface area contributed by atoms with Crippen LogP contribution in [0.1, 0.15) is 29.4 Å². The SMILES string of the molecule is CCCn1cc(C(=O)c2cc(OC)ncn2)cn1. The van der Waals surface area contributed by atoms with E-state index >= 15 is 0 Å². The van der Waals surface area contributed by atoms with Crippen LogP contribution in [0.2, 0.25) is 0 Å². The van der Waals surface area contributed by atoms with Gasteiger partial charge in [0, 0.05) is 18.8 Å². The Labute approximate surface area is 105 Å². The van der Waals surface area contributed by atoms with Crippen molar-refractivity contribution in [2.75, 3.05) is 7.11 Å². The average Bonchev–Trinajstić information content (AvgIpc) is 2.87. The molecule has 0 fully saturated rings. The van der Waals surface area contributed by atoms with E-state index in [1.54, 1.807) is 17.1 Å². The van der Waals surface area contributed by atoms with Crippen LogP contribution in [0.5, 0.6) is 5.88 Å². The lowest BCUT2D eigenvalue weighted by molar-refractivity contribution is 0.103. The van der Waals surface area contributed by atoms with E-state index in [2.05, 4.69) is 22.0 Å². The van der Waals surface area contributed by atoms with E-state index in [4.69, 9.17) is 4.74 Å². The number of hydrogen-bond acceptors (Lipinski definition) is 5. The van der Waals surface area contributed by atoms with Gasteiger partial charge in [-0.1, -0.05) is 6.92 Å². The van der Waals surface area contributed by atoms with Crippen molar-refractivity contribution in [3.63, 3.8) is 0 Å². The number of ether oxygens (including phenoxy) is 1. The molecule has 0 bridgehead atoms. The zero-order chi connectivity index (χ0) is 13.0. The van der Waals surface area contributed by atoms with Gasteiger partial charge in [0.25, 0.3) is 0 Å². The van der Waals surface area contributed by atoms with E-state index in [0.29, 0.717) is 17.1 Å². The normalized spacial score (nSPS) is 10.3. The number of aryl methyl sites for hydroxylation is 1. The highest BCUT2D eigenvalue weighted by Gasteiger charge is 2.13. The van der Waals surface area contributed by atoms with Crippen LogP contribution in [0, 0.1) is 0 Å². The first-order valence-corrected chi connectivity index (χ1v) is 5.67. The van der Waals surface area contributed by atoms with Crippen molar-refractivity contribution >= 4 is 5.78 Å². The summed E-state index contributed by atoms with van der Waals surface area (Å²) >= 11 is 0. The van der Waals surface area contributed by atoms with Crippen LogP contribution in [0.25, 0.3) is 0 Å². The summed E-state index contributed by atoms with van der Waals surface area (Å²) in [5.74, 6) is 0.187. The number of nitrogens with zero attached hydrogens (tertiary/aromatic N) is 4. The maximum Gasteiger partial charge on any atom is 0.216 e. The Balaban J connectivity index is 2.23. The Bertz CT molecular complexity index is 551. The van der Waals surface area contributed by atoms with Crippen molar-refractivity contribution in [2.24, 2.45) is 0 Å². The Morgan fingerprint density at radius 1 is 1.44 bits per heavy atom. The van der Waals surface area contributed by atoms with Gasteiger partial charge in [0.2, 0.25) is 11.7 Å². The summed E-state index contributed by atoms with van der Waals surface area (Å²) in [4.78, 5) is 19.9. The molecular formula is C12H14N4O2. The number of aromatic nitrogens is 4. The van der Waals surface area contributed by atoms with Gasteiger partial charge in [-0.2, -0.15) is 5.10 Å². The van der Waals surface area contributed by atoms with Gasteiger partial charge in [-0.3, -0.25) is 9.48 Å². The Hall–Kier alpha value is -2.24. The summed E-state index contributed by atoms with van der Waals surface area (Å²) in [7, 11) is 1.50. The molecule has 0 amide bonds. The summed E-state index contributed by atoms with van der Waals surface area (Å²) in [5.41, 5.74) is 0.821. The molecule has 0 N–H and O–H groups in total. The molecule has 2 rings (SSSR count). The summed E-state index contributed by atoms with van der Waals surface area (Å²) < 4.78 is 6.70. The van der Waals surface area contributed by atoms with Gasteiger partial charge in [0.1, 0.15) is 12.0 Å². The largest absolute Gasteiger partial charge is 0.481 e. The first kappa shape index (κ1) is 12.2. The summed E-state index contributed by atoms with van der Waals surface area (Å²) in [6.07, 6.45) is 5.55. The minimum absolute atomic E-state index is 0.182. The fraction of sp³-hybridized carbons (Fsp3) is 0.333. The highest BCUT2D eigenvalue weighted by atomic mass is 16.5. The average molecular weight is 246 g/mol. The predicted molar refractivity (Wildman–Crippen MR) is 64.5 cm³/mol. The molecule has 0 saturated carbocycles. The van der Waals surface area contributed by atoms with Gasteiger partial charge in [0.05, 0.1) is 18.9 Å². The second kappa shape index (κ2) is 5.39. The molecule has 6 heteroatoms. The fourth-order valence-corrected chi connectivity index (χ4v) is 1.56. The molecule has 0 aliphatic rings. The predicted octanol–water partition coefficient (Wildman–Crippen LogP) is 1.32. The van der Waals surface area contributed by atoms with Gasteiger partial charge in [-0.05, 0) is 6.42 Å². The molecule has 94 valence electrons. The first-order valence-electron chi connectivity index (χ1n) is 5.67. The number of carbonyl (C=O) groups is 1. The molecule has 0 unspecified atom stereocenters. The molecule has 2 aromatic heterocycles. The van der Waals surface area contributed by atoms with E-state index < -0.39 is 0 Å². The lowest BCUT2D eigenvalue weighted by atomic mass is 10.2. The van der Waals surface area contributed by atoms with E-state index in [1.165, 1.54) is 19.5 Å². The lowest BCUT2D eigenvalue weighted by Crippen LogP contribution is -2.04. The molecule has 0 atom stereocenters. The molecule has 0 aromatic carbocycles. The Morgan fingerprint density at radius 2 is 2.28 bits per heavy atom. The Morgan fingerprint density at radius 3 is 3.00 bits per heavy atom. The van der Waals surface area contributed by atoms with Crippen molar-refractivity contribution in [3.05, 3.63) is 36.0 Å². The highest BCUT2D eigenvalue weighted by Crippen LogP contribution is 2.11. The number of hydrogen-bond donors (Lipinski definition) is 0. The highest BCUT2D eigenvalue weighted by molar-refractivity contribution is 6.07. The lowest BCUT2D eigenvalue weighted by Gasteiger charge is -2.00. The number of rotatable bonds is 5. The third-order valence-electron chi connectivity index (χ3n) is 2.43. The topological polar surface area (TPSA) is 69.9 Å². The first-order chi connectivity index (χ1) is 8.74. The van der Waals surface area contributed by atoms with Crippen molar-refractivity contribution in [1.29, 1.82) is 0 Å². The van der Waals surface area contributed by atoms with E-state index in [9.17, 15) is 4.79 Å². The molecule has 6 nitrogen and oxygen atoms in total. The molecule has 2 heterocycles. The van der Waals surface area contributed by atoms with Crippen molar-refractivity contribution < 1.29 is 9.53 Å². The quantitative estimate of drug-likeness (QED) is 0.744. The van der Waals surface area contributed by atoms with E-state index in [1.807, 2.05) is 0 Å². The van der Waals surface area contributed by atoms with Crippen LogP contribution < -0.4 is 4.74 Å². The minimum atomic E-state index is -0.182. The summed E-state index contributed by atoms with van der Waals surface area (Å²) in [5, 5.41) is 4.12. The second-order valence-corrected chi connectivity index (χ2v) is 3.77. The number of carbonyl (C=O) groups excluding carboxylic acids is 1. The van der Waals surface area contributed by atoms with Gasteiger partial charge in [-0.15, -0.1) is 0 Å². The van der Waals surface area contributed by atoms with Crippen LogP contribution in [-0.4, -0.2) is 32.6 Å². The van der Waals surface area contributed by atoms with Crippen molar-refractivity contribution in [1.82, 2.24) is 19.7 Å². The standard InChI is InChI=1S/C12H14N4O2/c1-3-4-16-7-9(6-15-16)12(17)10-5-11(18-2)14-8-13-10/h5-8H,3-4H2,1-2H3. The van der Waals surface area contributed by atoms with Gasteiger partial charge >= 0.3 is 0 Å². The van der Waals surface area contributed by atoms with Crippen molar-refractivity contribution in [2.45, 2.75) is 19.9 Å². The molecule has 0 radical (unpaired) electrons. The third kappa shape index (κ3) is 2.53. The molecule has 0 spiro atoms. The molecular weight excluding hydrogens is 232 g/mol. The Kier molecular flexibility index (Phi) is 3.66. The zero-order valence-electron chi connectivity index (χ0n) is 10.3. The van der Waals surface area contributed by atoms with Crippen molar-refractivity contribution in [3.8, 4) is 5.88 Å². The van der Waals surface area contributed by atoms with Gasteiger partial charge in [-0.25, -0.2) is 9.97 Å². The zero-order valence-corrected chi connectivity index (χ0v) is 10.3. The van der Waals surface area contributed by atoms with Crippen LogP contribution >= 0.6 is 0 Å². The molecule has 0 aliphatic heterocycles. The maximum absolute atomic E-state index is 12.1. The minimum Gasteiger partial charge on any atom is -0.481 e. The molecule has 0 saturated heterocycles. The smallest absolute Gasteiger partial charge is 0.216 e. The third-order valence-corrected chi connectivity index (χ3v) is 2.43. The molecule has 18 heavy (non-hydrogen) atoms. The maximum atomic E-state index is 12.1. The molecule has 2 aromatic rings. The summed E-state index contributed by atoms with van der Waals surface area (Å²) in [6.45, 7) is 2.85. The van der Waals surface area contributed by atoms with Crippen LogP contribution in [0.3, 0.4) is 0 Å². The number of ketones is 1. The van der Waals surface area contributed by atoms with E-state index in [0.717, 1.165) is 13.0 Å². The van der Waals surface area contributed by atoms with E-state index in [-0.39, 0.29) is 5.78 Å². The van der Waals surface area contributed by atoms with Gasteiger partial charge in [0.15, 0.2) is 0 Å². The molecule has 0 aliphatic carbocycles. The van der Waals surface area contributed by atoms with Crippen LogP contribution in [0.15, 0.2) is 24.8 Å². The number of methoxy groups -OCH3 is 1. The fourth-order valence-electron chi connectivity index (χ4n) is 1.56. The summed E-state index contributed by atoms with van der Waals surface area (Å²) in [6, 6.07) is 1.51. The van der Waals surface area contributed by atoms with Gasteiger partial charge < -0.3 is 4.74 Å².